The highest BCUT2D eigenvalue weighted by atomic mass is 14.3. The molecule has 0 amide bonds. The van der Waals surface area contributed by atoms with Gasteiger partial charge in [0.15, 0.2) is 0 Å². The lowest BCUT2D eigenvalue weighted by atomic mass is 9.86. The molecule has 1 unspecified atom stereocenters. The van der Waals surface area contributed by atoms with Gasteiger partial charge in [-0.05, 0) is 31.6 Å². The first-order valence-electron chi connectivity index (χ1n) is 4.41. The minimum Gasteiger partial charge on any atom is -0.198 e. The molecule has 1 atom stereocenters. The van der Waals surface area contributed by atoms with Gasteiger partial charge < -0.3 is 0 Å². The smallest absolute Gasteiger partial charge is 0.0624 e. The average Bonchev–Trinajstić information content (AvgIpc) is 2.06. The summed E-state index contributed by atoms with van der Waals surface area (Å²) < 4.78 is 0. The van der Waals surface area contributed by atoms with Crippen molar-refractivity contribution in [1.29, 1.82) is 5.26 Å². The van der Waals surface area contributed by atoms with Gasteiger partial charge in [0.1, 0.15) is 0 Å². The predicted octanol–water partition coefficient (Wildman–Crippen LogP) is 3.04. The molecule has 0 radical (unpaired) electrons. The molecule has 0 bridgehead atoms. The maximum atomic E-state index is 8.51. The van der Waals surface area contributed by atoms with Gasteiger partial charge in [-0.25, -0.2) is 0 Å². The molecule has 0 heterocycles. The van der Waals surface area contributed by atoms with E-state index in [1.165, 1.54) is 25.7 Å². The summed E-state index contributed by atoms with van der Waals surface area (Å²) in [6, 6.07) is 2.25. The zero-order chi connectivity index (χ0) is 8.10. The van der Waals surface area contributed by atoms with Gasteiger partial charge in [-0.3, -0.25) is 0 Å². The molecule has 0 aromatic rings. The SMILES string of the molecule is CCC1=CCCC(CC#N)C1. The van der Waals surface area contributed by atoms with Gasteiger partial charge in [-0.15, -0.1) is 0 Å². The summed E-state index contributed by atoms with van der Waals surface area (Å²) in [5, 5.41) is 8.51. The molecule has 0 N–H and O–H groups in total. The van der Waals surface area contributed by atoms with Crippen LogP contribution in [0.3, 0.4) is 0 Å². The van der Waals surface area contributed by atoms with Crippen LogP contribution in [-0.2, 0) is 0 Å². The van der Waals surface area contributed by atoms with Crippen molar-refractivity contribution in [3.63, 3.8) is 0 Å². The fourth-order valence-electron chi connectivity index (χ4n) is 1.67. The Hall–Kier alpha value is -0.770. The van der Waals surface area contributed by atoms with Crippen LogP contribution in [0.15, 0.2) is 11.6 Å². The quantitative estimate of drug-likeness (QED) is 0.553. The highest BCUT2D eigenvalue weighted by Gasteiger charge is 2.13. The molecular formula is C10H15N. The molecular weight excluding hydrogens is 134 g/mol. The van der Waals surface area contributed by atoms with Gasteiger partial charge in [-0.2, -0.15) is 5.26 Å². The minimum absolute atomic E-state index is 0.653. The third-order valence-corrected chi connectivity index (χ3v) is 2.39. The fraction of sp³-hybridized carbons (Fsp3) is 0.700. The van der Waals surface area contributed by atoms with E-state index < -0.39 is 0 Å². The van der Waals surface area contributed by atoms with Gasteiger partial charge in [0, 0.05) is 6.42 Å². The topological polar surface area (TPSA) is 23.8 Å². The van der Waals surface area contributed by atoms with Crippen molar-refractivity contribution in [2.24, 2.45) is 5.92 Å². The minimum atomic E-state index is 0.653. The predicted molar refractivity (Wildman–Crippen MR) is 45.9 cm³/mol. The molecule has 1 heteroatoms. The third kappa shape index (κ3) is 2.38. The number of hydrogen-bond acceptors (Lipinski definition) is 1. The first-order chi connectivity index (χ1) is 5.36. The van der Waals surface area contributed by atoms with E-state index in [4.69, 9.17) is 5.26 Å². The van der Waals surface area contributed by atoms with Gasteiger partial charge in [0.25, 0.3) is 0 Å². The standard InChI is InChI=1S/C10H15N/c1-2-9-4-3-5-10(8-9)6-7-11/h4,10H,2-3,5-6,8H2,1H3. The largest absolute Gasteiger partial charge is 0.198 e. The van der Waals surface area contributed by atoms with E-state index in [1.54, 1.807) is 5.57 Å². The van der Waals surface area contributed by atoms with E-state index in [9.17, 15) is 0 Å². The average molecular weight is 149 g/mol. The van der Waals surface area contributed by atoms with Crippen LogP contribution in [0.5, 0.6) is 0 Å². The molecule has 1 rings (SSSR count). The van der Waals surface area contributed by atoms with Crippen molar-refractivity contribution in [3.8, 4) is 6.07 Å². The molecule has 11 heavy (non-hydrogen) atoms. The van der Waals surface area contributed by atoms with Crippen LogP contribution in [-0.4, -0.2) is 0 Å². The molecule has 1 aliphatic carbocycles. The lowest BCUT2D eigenvalue weighted by Gasteiger charge is -2.19. The van der Waals surface area contributed by atoms with Crippen molar-refractivity contribution in [3.05, 3.63) is 11.6 Å². The molecule has 60 valence electrons. The summed E-state index contributed by atoms with van der Waals surface area (Å²) in [5.74, 6) is 0.653. The summed E-state index contributed by atoms with van der Waals surface area (Å²) in [6.45, 7) is 2.20. The monoisotopic (exact) mass is 149 g/mol. The van der Waals surface area contributed by atoms with Crippen LogP contribution in [0, 0.1) is 17.2 Å². The summed E-state index contributed by atoms with van der Waals surface area (Å²) in [4.78, 5) is 0. The number of nitrogens with zero attached hydrogens (tertiary/aromatic N) is 1. The highest BCUT2D eigenvalue weighted by Crippen LogP contribution is 2.27. The van der Waals surface area contributed by atoms with Gasteiger partial charge >= 0.3 is 0 Å². The van der Waals surface area contributed by atoms with Crippen LogP contribution in [0.1, 0.15) is 39.0 Å². The zero-order valence-corrected chi connectivity index (χ0v) is 7.14. The Morgan fingerprint density at radius 1 is 1.73 bits per heavy atom. The molecule has 0 saturated carbocycles. The van der Waals surface area contributed by atoms with Gasteiger partial charge in [-0.1, -0.05) is 18.6 Å². The Morgan fingerprint density at radius 3 is 3.18 bits per heavy atom. The van der Waals surface area contributed by atoms with Crippen LogP contribution in [0.4, 0.5) is 0 Å². The number of hydrogen-bond donors (Lipinski definition) is 0. The molecule has 0 aliphatic heterocycles. The molecule has 0 saturated heterocycles. The Kier molecular flexibility index (Phi) is 3.16. The summed E-state index contributed by atoms with van der Waals surface area (Å²) >= 11 is 0. The van der Waals surface area contributed by atoms with Crippen LogP contribution in [0.2, 0.25) is 0 Å². The summed E-state index contributed by atoms with van der Waals surface area (Å²) in [7, 11) is 0. The molecule has 0 fully saturated rings. The van der Waals surface area contributed by atoms with Crippen molar-refractivity contribution in [2.45, 2.75) is 39.0 Å². The van der Waals surface area contributed by atoms with Crippen molar-refractivity contribution >= 4 is 0 Å². The normalized spacial score (nSPS) is 24.0. The lowest BCUT2D eigenvalue weighted by Crippen LogP contribution is -2.05. The highest BCUT2D eigenvalue weighted by molar-refractivity contribution is 5.06. The molecule has 0 aromatic carbocycles. The van der Waals surface area contributed by atoms with E-state index in [2.05, 4.69) is 19.1 Å². The second-order valence-electron chi connectivity index (χ2n) is 3.23. The Morgan fingerprint density at radius 2 is 2.55 bits per heavy atom. The lowest BCUT2D eigenvalue weighted by molar-refractivity contribution is 0.469. The number of allylic oxidation sites excluding steroid dienone is 2. The Labute approximate surface area is 68.7 Å². The maximum Gasteiger partial charge on any atom is 0.0624 e. The van der Waals surface area contributed by atoms with Gasteiger partial charge in [0.2, 0.25) is 0 Å². The first-order valence-corrected chi connectivity index (χ1v) is 4.41. The molecule has 1 aliphatic rings. The fourth-order valence-corrected chi connectivity index (χ4v) is 1.67. The Balaban J connectivity index is 2.41. The molecule has 1 nitrogen and oxygen atoms in total. The van der Waals surface area contributed by atoms with E-state index in [-0.39, 0.29) is 0 Å². The summed E-state index contributed by atoms with van der Waals surface area (Å²) in [5.41, 5.74) is 1.55. The van der Waals surface area contributed by atoms with Crippen molar-refractivity contribution < 1.29 is 0 Å². The second-order valence-corrected chi connectivity index (χ2v) is 3.23. The van der Waals surface area contributed by atoms with Crippen LogP contribution >= 0.6 is 0 Å². The first kappa shape index (κ1) is 8.33. The number of nitriles is 1. The van der Waals surface area contributed by atoms with Crippen LogP contribution in [0.25, 0.3) is 0 Å². The van der Waals surface area contributed by atoms with E-state index in [0.717, 1.165) is 6.42 Å². The van der Waals surface area contributed by atoms with Gasteiger partial charge in [0.05, 0.1) is 6.07 Å². The second kappa shape index (κ2) is 4.18. The summed E-state index contributed by atoms with van der Waals surface area (Å²) in [6.07, 6.45) is 7.84. The zero-order valence-electron chi connectivity index (χ0n) is 7.14. The Bertz CT molecular complexity index is 186. The van der Waals surface area contributed by atoms with E-state index in [0.29, 0.717) is 5.92 Å². The number of rotatable bonds is 2. The van der Waals surface area contributed by atoms with Crippen LogP contribution < -0.4 is 0 Å². The maximum absolute atomic E-state index is 8.51. The third-order valence-electron chi connectivity index (χ3n) is 2.39. The molecule has 0 aromatic heterocycles. The van der Waals surface area contributed by atoms with E-state index >= 15 is 0 Å². The van der Waals surface area contributed by atoms with Crippen molar-refractivity contribution in [2.75, 3.05) is 0 Å². The van der Waals surface area contributed by atoms with E-state index in [1.807, 2.05) is 0 Å². The van der Waals surface area contributed by atoms with Crippen molar-refractivity contribution in [1.82, 2.24) is 0 Å². The molecule has 0 spiro atoms.